The third kappa shape index (κ3) is 5.13. The average molecular weight is 535 g/mol. The zero-order valence-corrected chi connectivity index (χ0v) is 23.3. The van der Waals surface area contributed by atoms with Crippen molar-refractivity contribution in [2.24, 2.45) is 0 Å². The number of aryl methyl sites for hydroxylation is 2. The SMILES string of the molecule is CCC[C@@H](O)COc1ccc(F)c(-c2nc(-c3c(C)noc3C)c(C)c(N3Cc4cnn(C(C)C)c4C3)n2)c1. The normalized spacial score (nSPS) is 13.8. The van der Waals surface area contributed by atoms with E-state index in [9.17, 15) is 5.11 Å². The Labute approximate surface area is 227 Å². The molecule has 0 unspecified atom stereocenters. The summed E-state index contributed by atoms with van der Waals surface area (Å²) in [5, 5.41) is 18.8. The highest BCUT2D eigenvalue weighted by Crippen LogP contribution is 2.38. The molecule has 3 aromatic heterocycles. The monoisotopic (exact) mass is 534 g/mol. The Morgan fingerprint density at radius 3 is 2.64 bits per heavy atom. The van der Waals surface area contributed by atoms with Crippen molar-refractivity contribution >= 4 is 5.82 Å². The molecule has 0 bridgehead atoms. The van der Waals surface area contributed by atoms with Gasteiger partial charge in [-0.15, -0.1) is 0 Å². The molecule has 0 aliphatic carbocycles. The van der Waals surface area contributed by atoms with Crippen LogP contribution >= 0.6 is 0 Å². The van der Waals surface area contributed by atoms with Crippen LogP contribution < -0.4 is 9.64 Å². The second-order valence-electron chi connectivity index (χ2n) is 10.4. The number of aliphatic hydroxyl groups is 1. The number of aliphatic hydroxyl groups excluding tert-OH is 1. The first-order valence-corrected chi connectivity index (χ1v) is 13.4. The van der Waals surface area contributed by atoms with Gasteiger partial charge in [0.15, 0.2) is 5.82 Å². The highest BCUT2D eigenvalue weighted by Gasteiger charge is 2.29. The summed E-state index contributed by atoms with van der Waals surface area (Å²) in [7, 11) is 0. The van der Waals surface area contributed by atoms with Gasteiger partial charge in [0.1, 0.15) is 29.8 Å². The van der Waals surface area contributed by atoms with Crippen molar-refractivity contribution < 1.29 is 18.8 Å². The van der Waals surface area contributed by atoms with Crippen LogP contribution in [0.1, 0.15) is 67.9 Å². The minimum Gasteiger partial charge on any atom is -0.491 e. The molecule has 1 aliphatic rings. The lowest BCUT2D eigenvalue weighted by Gasteiger charge is -2.22. The van der Waals surface area contributed by atoms with Crippen LogP contribution in [0.5, 0.6) is 5.75 Å². The number of benzene rings is 1. The second-order valence-corrected chi connectivity index (χ2v) is 10.4. The van der Waals surface area contributed by atoms with Crippen LogP contribution in [0.4, 0.5) is 10.2 Å². The number of ether oxygens (including phenoxy) is 1. The van der Waals surface area contributed by atoms with Gasteiger partial charge in [-0.05, 0) is 59.2 Å². The van der Waals surface area contributed by atoms with Gasteiger partial charge in [-0.1, -0.05) is 18.5 Å². The second kappa shape index (κ2) is 10.8. The Bertz CT molecular complexity index is 1480. The Hall–Kier alpha value is -3.79. The molecule has 4 aromatic rings. The summed E-state index contributed by atoms with van der Waals surface area (Å²) in [5.74, 6) is 1.57. The Morgan fingerprint density at radius 2 is 1.95 bits per heavy atom. The summed E-state index contributed by atoms with van der Waals surface area (Å²) in [6, 6.07) is 4.73. The molecular weight excluding hydrogens is 499 g/mol. The summed E-state index contributed by atoms with van der Waals surface area (Å²) in [4.78, 5) is 11.9. The molecular formula is C29H35FN6O3. The van der Waals surface area contributed by atoms with Gasteiger partial charge in [0.25, 0.3) is 0 Å². The molecule has 0 amide bonds. The quantitative estimate of drug-likeness (QED) is 0.292. The van der Waals surface area contributed by atoms with Crippen molar-refractivity contribution in [2.75, 3.05) is 11.5 Å². The van der Waals surface area contributed by atoms with Gasteiger partial charge in [0, 0.05) is 23.7 Å². The van der Waals surface area contributed by atoms with Crippen molar-refractivity contribution in [3.05, 3.63) is 58.5 Å². The fraction of sp³-hybridized carbons (Fsp3) is 0.448. The number of rotatable bonds is 9. The average Bonchev–Trinajstić information content (AvgIpc) is 3.58. The lowest BCUT2D eigenvalue weighted by molar-refractivity contribution is 0.0993. The standard InChI is InChI=1S/C29H35FN6O3/c1-7-8-21(37)15-38-22-9-10-24(30)23(11-22)28-32-27(26-18(5)34-39-19(26)6)17(4)29(33-28)35-13-20-12-31-36(16(2)3)25(20)14-35/h9-12,16,21,37H,7-8,13-15H2,1-6H3/t21-/m1/s1. The van der Waals surface area contributed by atoms with Gasteiger partial charge in [0.2, 0.25) is 0 Å². The van der Waals surface area contributed by atoms with Crippen LogP contribution in [0.15, 0.2) is 28.9 Å². The zero-order valence-electron chi connectivity index (χ0n) is 23.3. The summed E-state index contributed by atoms with van der Waals surface area (Å²) < 4.78 is 28.6. The van der Waals surface area contributed by atoms with E-state index in [-0.39, 0.29) is 24.0 Å². The van der Waals surface area contributed by atoms with Crippen LogP contribution in [0.25, 0.3) is 22.6 Å². The van der Waals surface area contributed by atoms with Crippen molar-refractivity contribution in [1.82, 2.24) is 24.9 Å². The van der Waals surface area contributed by atoms with Gasteiger partial charge in [-0.25, -0.2) is 14.4 Å². The molecule has 206 valence electrons. The largest absolute Gasteiger partial charge is 0.491 e. The van der Waals surface area contributed by atoms with Crippen LogP contribution in [0, 0.1) is 26.6 Å². The summed E-state index contributed by atoms with van der Waals surface area (Å²) in [6.45, 7) is 13.3. The van der Waals surface area contributed by atoms with Crippen LogP contribution in [0.2, 0.25) is 0 Å². The predicted molar refractivity (Wildman–Crippen MR) is 146 cm³/mol. The minimum atomic E-state index is -0.588. The van der Waals surface area contributed by atoms with Gasteiger partial charge >= 0.3 is 0 Å². The van der Waals surface area contributed by atoms with E-state index in [1.807, 2.05) is 38.6 Å². The number of fused-ring (bicyclic) bond motifs is 1. The molecule has 0 saturated heterocycles. The Kier molecular flexibility index (Phi) is 7.40. The fourth-order valence-corrected chi connectivity index (χ4v) is 5.14. The smallest absolute Gasteiger partial charge is 0.165 e. The van der Waals surface area contributed by atoms with Gasteiger partial charge in [-0.3, -0.25) is 4.68 Å². The van der Waals surface area contributed by atoms with E-state index in [1.54, 1.807) is 12.1 Å². The molecule has 0 fully saturated rings. The molecule has 0 spiro atoms. The van der Waals surface area contributed by atoms with E-state index in [1.165, 1.54) is 6.07 Å². The van der Waals surface area contributed by atoms with Crippen molar-refractivity contribution in [3.63, 3.8) is 0 Å². The molecule has 1 atom stereocenters. The summed E-state index contributed by atoms with van der Waals surface area (Å²) >= 11 is 0. The number of aromatic nitrogens is 5. The van der Waals surface area contributed by atoms with E-state index in [4.69, 9.17) is 19.2 Å². The Balaban J connectivity index is 1.60. The summed E-state index contributed by atoms with van der Waals surface area (Å²) in [5.41, 5.74) is 5.50. The van der Waals surface area contributed by atoms with Crippen molar-refractivity contribution in [1.29, 1.82) is 0 Å². The molecule has 1 aromatic carbocycles. The highest BCUT2D eigenvalue weighted by atomic mass is 19.1. The fourth-order valence-electron chi connectivity index (χ4n) is 5.14. The number of hydrogen-bond donors (Lipinski definition) is 1. The minimum absolute atomic E-state index is 0.127. The molecule has 4 heterocycles. The lowest BCUT2D eigenvalue weighted by Crippen LogP contribution is -2.21. The first kappa shape index (κ1) is 26.8. The summed E-state index contributed by atoms with van der Waals surface area (Å²) in [6.07, 6.45) is 2.80. The van der Waals surface area contributed by atoms with Gasteiger partial charge < -0.3 is 19.3 Å². The molecule has 0 saturated carbocycles. The van der Waals surface area contributed by atoms with Crippen LogP contribution in [-0.2, 0) is 13.1 Å². The van der Waals surface area contributed by atoms with Crippen molar-refractivity contribution in [2.45, 2.75) is 79.6 Å². The molecule has 0 radical (unpaired) electrons. The van der Waals surface area contributed by atoms with Crippen LogP contribution in [-0.4, -0.2) is 42.7 Å². The highest BCUT2D eigenvalue weighted by molar-refractivity contribution is 5.75. The third-order valence-corrected chi connectivity index (χ3v) is 7.11. The van der Waals surface area contributed by atoms with Crippen LogP contribution in [0.3, 0.4) is 0 Å². The van der Waals surface area contributed by atoms with E-state index in [0.29, 0.717) is 48.2 Å². The van der Waals surface area contributed by atoms with Gasteiger partial charge in [0.05, 0.1) is 47.1 Å². The predicted octanol–water partition coefficient (Wildman–Crippen LogP) is 5.70. The maximum Gasteiger partial charge on any atom is 0.165 e. The van der Waals surface area contributed by atoms with E-state index in [0.717, 1.165) is 28.8 Å². The molecule has 1 N–H and O–H groups in total. The van der Waals surface area contributed by atoms with E-state index in [2.05, 4.69) is 29.0 Å². The van der Waals surface area contributed by atoms with Gasteiger partial charge in [-0.2, -0.15) is 5.10 Å². The molecule has 5 rings (SSSR count). The number of hydrogen-bond acceptors (Lipinski definition) is 8. The molecule has 9 nitrogen and oxygen atoms in total. The number of halogens is 1. The first-order chi connectivity index (χ1) is 18.7. The maximum atomic E-state index is 15.3. The Morgan fingerprint density at radius 1 is 1.15 bits per heavy atom. The molecule has 39 heavy (non-hydrogen) atoms. The number of anilines is 1. The number of nitrogens with zero attached hydrogens (tertiary/aromatic N) is 6. The maximum absolute atomic E-state index is 15.3. The molecule has 1 aliphatic heterocycles. The zero-order chi connectivity index (χ0) is 27.8. The topological polar surface area (TPSA) is 102 Å². The third-order valence-electron chi connectivity index (χ3n) is 7.11. The van der Waals surface area contributed by atoms with E-state index >= 15 is 4.39 Å². The van der Waals surface area contributed by atoms with Crippen molar-refractivity contribution in [3.8, 4) is 28.4 Å². The van der Waals surface area contributed by atoms with E-state index < -0.39 is 11.9 Å². The molecule has 10 heteroatoms. The first-order valence-electron chi connectivity index (χ1n) is 13.4. The lowest BCUT2D eigenvalue weighted by atomic mass is 10.0.